The van der Waals surface area contributed by atoms with Gasteiger partial charge in [0.2, 0.25) is 0 Å². The summed E-state index contributed by atoms with van der Waals surface area (Å²) in [6.45, 7) is 2.96. The van der Waals surface area contributed by atoms with Gasteiger partial charge in [0, 0.05) is 18.9 Å². The highest BCUT2D eigenvalue weighted by molar-refractivity contribution is 5.74. The van der Waals surface area contributed by atoms with Crippen molar-refractivity contribution < 1.29 is 0 Å². The molecule has 2 aromatic rings. The molecule has 1 heterocycles. The lowest BCUT2D eigenvalue weighted by molar-refractivity contribution is 0.625. The molecule has 0 fully saturated rings. The van der Waals surface area contributed by atoms with Crippen molar-refractivity contribution in [2.45, 2.75) is 13.0 Å². The Hall–Kier alpha value is -1.52. The van der Waals surface area contributed by atoms with Crippen molar-refractivity contribution in [3.63, 3.8) is 0 Å². The Kier molecular flexibility index (Phi) is 4.41. The van der Waals surface area contributed by atoms with Crippen LogP contribution in [0.25, 0.3) is 11.0 Å². The minimum absolute atomic E-state index is 0.885. The summed E-state index contributed by atoms with van der Waals surface area (Å²) in [7, 11) is 1.97. The molecule has 1 aromatic heterocycles. The first-order valence-electron chi connectivity index (χ1n) is 5.95. The van der Waals surface area contributed by atoms with E-state index in [1.807, 2.05) is 13.1 Å². The largest absolute Gasteiger partial charge is 0.320 e. The molecule has 4 nitrogen and oxygen atoms in total. The zero-order valence-corrected chi connectivity index (χ0v) is 10.1. The van der Waals surface area contributed by atoms with Crippen molar-refractivity contribution in [2.75, 3.05) is 20.1 Å². The van der Waals surface area contributed by atoms with Crippen molar-refractivity contribution in [2.24, 2.45) is 0 Å². The van der Waals surface area contributed by atoms with Crippen LogP contribution in [0.3, 0.4) is 0 Å². The Morgan fingerprint density at radius 1 is 1.06 bits per heavy atom. The van der Waals surface area contributed by atoms with Crippen molar-refractivity contribution in [1.29, 1.82) is 0 Å². The number of rotatable bonds is 6. The van der Waals surface area contributed by atoms with Gasteiger partial charge >= 0.3 is 0 Å². The summed E-state index contributed by atoms with van der Waals surface area (Å²) in [5, 5.41) is 6.55. The van der Waals surface area contributed by atoms with Crippen molar-refractivity contribution in [3.05, 3.63) is 36.2 Å². The minimum atomic E-state index is 0.885. The third kappa shape index (κ3) is 3.47. The van der Waals surface area contributed by atoms with E-state index in [1.54, 1.807) is 12.4 Å². The Morgan fingerprint density at radius 3 is 2.71 bits per heavy atom. The standard InChI is InChI=1S/C13H18N4/c1-14-5-2-6-15-10-11-3-4-12-13(9-11)17-8-7-16-12/h3-4,7-9,14-15H,2,5-6,10H2,1H3. The average Bonchev–Trinajstić information content (AvgIpc) is 2.38. The maximum atomic E-state index is 4.30. The van der Waals surface area contributed by atoms with Gasteiger partial charge in [-0.05, 0) is 44.3 Å². The molecule has 0 bridgehead atoms. The van der Waals surface area contributed by atoms with E-state index in [-0.39, 0.29) is 0 Å². The molecule has 2 rings (SSSR count). The molecule has 17 heavy (non-hydrogen) atoms. The van der Waals surface area contributed by atoms with Crippen LogP contribution in [-0.2, 0) is 6.54 Å². The summed E-state index contributed by atoms with van der Waals surface area (Å²) in [6, 6.07) is 6.21. The maximum absolute atomic E-state index is 4.30. The summed E-state index contributed by atoms with van der Waals surface area (Å²) in [4.78, 5) is 8.55. The summed E-state index contributed by atoms with van der Waals surface area (Å²) in [5.41, 5.74) is 3.16. The number of hydrogen-bond donors (Lipinski definition) is 2. The van der Waals surface area contributed by atoms with Gasteiger partial charge in [-0.2, -0.15) is 0 Å². The predicted octanol–water partition coefficient (Wildman–Crippen LogP) is 1.33. The lowest BCUT2D eigenvalue weighted by Gasteiger charge is -2.05. The fraction of sp³-hybridized carbons (Fsp3) is 0.385. The highest BCUT2D eigenvalue weighted by atomic mass is 14.9. The lowest BCUT2D eigenvalue weighted by Crippen LogP contribution is -2.19. The molecule has 2 N–H and O–H groups in total. The first kappa shape index (κ1) is 12.0. The van der Waals surface area contributed by atoms with Crippen LogP contribution in [0.15, 0.2) is 30.6 Å². The molecule has 1 aromatic carbocycles. The maximum Gasteiger partial charge on any atom is 0.0890 e. The van der Waals surface area contributed by atoms with Crippen molar-refractivity contribution >= 4 is 11.0 Å². The van der Waals surface area contributed by atoms with Gasteiger partial charge < -0.3 is 10.6 Å². The van der Waals surface area contributed by atoms with E-state index in [9.17, 15) is 0 Å². The second-order valence-electron chi connectivity index (χ2n) is 4.01. The SMILES string of the molecule is CNCCCNCc1ccc2nccnc2c1. The highest BCUT2D eigenvalue weighted by Crippen LogP contribution is 2.10. The van der Waals surface area contributed by atoms with E-state index in [2.05, 4.69) is 32.7 Å². The molecule has 0 atom stereocenters. The van der Waals surface area contributed by atoms with E-state index >= 15 is 0 Å². The first-order chi connectivity index (χ1) is 8.40. The number of nitrogens with one attached hydrogen (secondary N) is 2. The second-order valence-corrected chi connectivity index (χ2v) is 4.01. The smallest absolute Gasteiger partial charge is 0.0890 e. The molecule has 90 valence electrons. The molecule has 0 radical (unpaired) electrons. The van der Waals surface area contributed by atoms with Gasteiger partial charge in [-0.3, -0.25) is 9.97 Å². The molecule has 0 saturated carbocycles. The monoisotopic (exact) mass is 230 g/mol. The Morgan fingerprint density at radius 2 is 1.88 bits per heavy atom. The van der Waals surface area contributed by atoms with Crippen molar-refractivity contribution in [1.82, 2.24) is 20.6 Å². The molecule has 0 unspecified atom stereocenters. The van der Waals surface area contributed by atoms with Gasteiger partial charge in [-0.25, -0.2) is 0 Å². The molecule has 4 heteroatoms. The Bertz CT molecular complexity index is 470. The number of hydrogen-bond acceptors (Lipinski definition) is 4. The number of benzene rings is 1. The van der Waals surface area contributed by atoms with Crippen molar-refractivity contribution in [3.8, 4) is 0 Å². The summed E-state index contributed by atoms with van der Waals surface area (Å²) >= 11 is 0. The summed E-state index contributed by atoms with van der Waals surface area (Å²) in [6.07, 6.45) is 4.59. The molecule has 0 spiro atoms. The van der Waals surface area contributed by atoms with Crippen LogP contribution in [0.1, 0.15) is 12.0 Å². The van der Waals surface area contributed by atoms with Crippen LogP contribution >= 0.6 is 0 Å². The van der Waals surface area contributed by atoms with Gasteiger partial charge in [0.1, 0.15) is 0 Å². The number of aromatic nitrogens is 2. The third-order valence-electron chi connectivity index (χ3n) is 2.64. The van der Waals surface area contributed by atoms with Crippen LogP contribution in [-0.4, -0.2) is 30.1 Å². The van der Waals surface area contributed by atoms with Gasteiger partial charge in [-0.1, -0.05) is 6.07 Å². The van der Waals surface area contributed by atoms with Crippen LogP contribution < -0.4 is 10.6 Å². The second kappa shape index (κ2) is 6.27. The van der Waals surface area contributed by atoms with E-state index in [4.69, 9.17) is 0 Å². The zero-order chi connectivity index (χ0) is 11.9. The average molecular weight is 230 g/mol. The third-order valence-corrected chi connectivity index (χ3v) is 2.64. The first-order valence-corrected chi connectivity index (χ1v) is 5.95. The van der Waals surface area contributed by atoms with E-state index in [0.717, 1.165) is 37.1 Å². The van der Waals surface area contributed by atoms with Gasteiger partial charge in [0.05, 0.1) is 11.0 Å². The molecule has 0 aliphatic heterocycles. The van der Waals surface area contributed by atoms with Crippen LogP contribution in [0.4, 0.5) is 0 Å². The van der Waals surface area contributed by atoms with Crippen LogP contribution in [0, 0.1) is 0 Å². The normalized spacial score (nSPS) is 10.9. The molecular formula is C13H18N4. The molecule has 0 amide bonds. The van der Waals surface area contributed by atoms with E-state index in [1.165, 1.54) is 5.56 Å². The highest BCUT2D eigenvalue weighted by Gasteiger charge is 1.97. The van der Waals surface area contributed by atoms with E-state index < -0.39 is 0 Å². The Labute approximate surface area is 101 Å². The van der Waals surface area contributed by atoms with Gasteiger partial charge in [0.25, 0.3) is 0 Å². The lowest BCUT2D eigenvalue weighted by atomic mass is 10.2. The summed E-state index contributed by atoms with van der Waals surface area (Å²) < 4.78 is 0. The molecule has 0 aliphatic rings. The minimum Gasteiger partial charge on any atom is -0.320 e. The number of nitrogens with zero attached hydrogens (tertiary/aromatic N) is 2. The van der Waals surface area contributed by atoms with Gasteiger partial charge in [0.15, 0.2) is 0 Å². The van der Waals surface area contributed by atoms with Gasteiger partial charge in [-0.15, -0.1) is 0 Å². The molecular weight excluding hydrogens is 212 g/mol. The fourth-order valence-electron chi connectivity index (χ4n) is 1.74. The van der Waals surface area contributed by atoms with Crippen LogP contribution in [0.5, 0.6) is 0 Å². The topological polar surface area (TPSA) is 49.8 Å². The fourth-order valence-corrected chi connectivity index (χ4v) is 1.74. The van der Waals surface area contributed by atoms with E-state index in [0.29, 0.717) is 0 Å². The predicted molar refractivity (Wildman–Crippen MR) is 69.8 cm³/mol. The zero-order valence-electron chi connectivity index (χ0n) is 10.1. The summed E-state index contributed by atoms with van der Waals surface area (Å²) in [5.74, 6) is 0. The molecule has 0 aliphatic carbocycles. The quantitative estimate of drug-likeness (QED) is 0.735. The van der Waals surface area contributed by atoms with Crippen LogP contribution in [0.2, 0.25) is 0 Å². The molecule has 0 saturated heterocycles. The number of fused-ring (bicyclic) bond motifs is 1. The Balaban J connectivity index is 1.90.